The van der Waals surface area contributed by atoms with Crippen LogP contribution in [0.4, 0.5) is 18.9 Å². The maximum atomic E-state index is 12.7. The summed E-state index contributed by atoms with van der Waals surface area (Å²) in [6.07, 6.45) is -4.24. The molecule has 1 saturated heterocycles. The van der Waals surface area contributed by atoms with Crippen LogP contribution in [-0.4, -0.2) is 22.6 Å². The molecule has 1 amide bonds. The summed E-state index contributed by atoms with van der Waals surface area (Å²) < 4.78 is 43.6. The van der Waals surface area contributed by atoms with Crippen LogP contribution in [0, 0.1) is 13.8 Å². The molecule has 2 aromatic carbocycles. The Hall–Kier alpha value is -3.16. The van der Waals surface area contributed by atoms with Gasteiger partial charge in [-0.2, -0.15) is 18.2 Å². The molecular formula is C21H18F3N3O2. The van der Waals surface area contributed by atoms with Gasteiger partial charge in [-0.3, -0.25) is 4.79 Å². The van der Waals surface area contributed by atoms with Gasteiger partial charge in [0.1, 0.15) is 0 Å². The molecule has 1 aliphatic rings. The maximum absolute atomic E-state index is 12.7. The molecule has 5 nitrogen and oxygen atoms in total. The summed E-state index contributed by atoms with van der Waals surface area (Å²) >= 11 is 0. The molecule has 1 aliphatic heterocycles. The highest BCUT2D eigenvalue weighted by atomic mass is 19.4. The third-order valence-electron chi connectivity index (χ3n) is 5.19. The van der Waals surface area contributed by atoms with Crippen LogP contribution in [0.1, 0.15) is 34.9 Å². The van der Waals surface area contributed by atoms with Gasteiger partial charge in [-0.15, -0.1) is 0 Å². The van der Waals surface area contributed by atoms with Crippen molar-refractivity contribution in [2.45, 2.75) is 32.4 Å². The van der Waals surface area contributed by atoms with E-state index in [1.54, 1.807) is 0 Å². The zero-order chi connectivity index (χ0) is 20.8. The van der Waals surface area contributed by atoms with E-state index >= 15 is 0 Å². The zero-order valence-corrected chi connectivity index (χ0v) is 15.8. The number of alkyl halides is 3. The average Bonchev–Trinajstić information content (AvgIpc) is 3.30. The van der Waals surface area contributed by atoms with E-state index in [2.05, 4.69) is 10.1 Å². The highest BCUT2D eigenvalue weighted by Crippen LogP contribution is 2.34. The Morgan fingerprint density at radius 2 is 1.79 bits per heavy atom. The van der Waals surface area contributed by atoms with Crippen molar-refractivity contribution in [3.63, 3.8) is 0 Å². The summed E-state index contributed by atoms with van der Waals surface area (Å²) in [7, 11) is 0. The normalized spacial score (nSPS) is 17.2. The molecule has 0 aliphatic carbocycles. The monoisotopic (exact) mass is 401 g/mol. The van der Waals surface area contributed by atoms with E-state index in [0.717, 1.165) is 28.8 Å². The number of hydrogen-bond acceptors (Lipinski definition) is 4. The van der Waals surface area contributed by atoms with Crippen LogP contribution in [0.3, 0.4) is 0 Å². The van der Waals surface area contributed by atoms with Gasteiger partial charge in [0, 0.05) is 30.1 Å². The summed E-state index contributed by atoms with van der Waals surface area (Å²) in [5, 5.41) is 4.02. The number of aryl methyl sites for hydroxylation is 2. The van der Waals surface area contributed by atoms with Crippen molar-refractivity contribution < 1.29 is 22.5 Å². The zero-order valence-electron chi connectivity index (χ0n) is 15.8. The maximum Gasteiger partial charge on any atom is 0.416 e. The van der Waals surface area contributed by atoms with Gasteiger partial charge in [0.15, 0.2) is 5.82 Å². The van der Waals surface area contributed by atoms with Crippen molar-refractivity contribution in [2.24, 2.45) is 0 Å². The number of amides is 1. The molecule has 1 fully saturated rings. The number of carbonyl (C=O) groups is 1. The summed E-state index contributed by atoms with van der Waals surface area (Å²) in [5.41, 5.74) is 2.73. The first kappa shape index (κ1) is 19.2. The molecule has 1 atom stereocenters. The van der Waals surface area contributed by atoms with Crippen LogP contribution in [-0.2, 0) is 11.0 Å². The van der Waals surface area contributed by atoms with E-state index in [0.29, 0.717) is 17.4 Å². The van der Waals surface area contributed by atoms with Gasteiger partial charge in [-0.25, -0.2) is 0 Å². The van der Waals surface area contributed by atoms with E-state index in [1.165, 1.54) is 17.0 Å². The predicted molar refractivity (Wildman–Crippen MR) is 100 cm³/mol. The van der Waals surface area contributed by atoms with Gasteiger partial charge in [-0.05, 0) is 61.4 Å². The van der Waals surface area contributed by atoms with E-state index in [9.17, 15) is 18.0 Å². The lowest BCUT2D eigenvalue weighted by Crippen LogP contribution is -2.24. The highest BCUT2D eigenvalue weighted by Gasteiger charge is 2.35. The lowest BCUT2D eigenvalue weighted by molar-refractivity contribution is -0.137. The molecule has 150 valence electrons. The third-order valence-corrected chi connectivity index (χ3v) is 5.19. The van der Waals surface area contributed by atoms with Gasteiger partial charge in [0.25, 0.3) is 5.89 Å². The predicted octanol–water partition coefficient (Wildman–Crippen LogP) is 4.89. The van der Waals surface area contributed by atoms with Gasteiger partial charge < -0.3 is 9.42 Å². The van der Waals surface area contributed by atoms with Crippen molar-refractivity contribution >= 4 is 11.6 Å². The summed E-state index contributed by atoms with van der Waals surface area (Å²) in [5.74, 6) is 0.325. The Balaban J connectivity index is 1.52. The van der Waals surface area contributed by atoms with E-state index in [4.69, 9.17) is 4.52 Å². The lowest BCUT2D eigenvalue weighted by Gasteiger charge is -2.17. The first-order valence-corrected chi connectivity index (χ1v) is 9.11. The van der Waals surface area contributed by atoms with Gasteiger partial charge >= 0.3 is 6.18 Å². The Morgan fingerprint density at radius 1 is 1.07 bits per heavy atom. The number of carbonyl (C=O) groups excluding carboxylic acids is 1. The number of rotatable bonds is 3. The number of nitrogens with zero attached hydrogens (tertiary/aromatic N) is 3. The topological polar surface area (TPSA) is 59.2 Å². The number of halogens is 3. The Bertz CT molecular complexity index is 1060. The van der Waals surface area contributed by atoms with Crippen LogP contribution < -0.4 is 4.90 Å². The Kier molecular flexibility index (Phi) is 4.64. The minimum absolute atomic E-state index is 0.174. The van der Waals surface area contributed by atoms with Crippen LogP contribution in [0.15, 0.2) is 47.0 Å². The number of anilines is 1. The molecule has 0 saturated carbocycles. The molecule has 29 heavy (non-hydrogen) atoms. The number of hydrogen-bond donors (Lipinski definition) is 0. The third kappa shape index (κ3) is 3.74. The largest absolute Gasteiger partial charge is 0.416 e. The van der Waals surface area contributed by atoms with Gasteiger partial charge in [0.05, 0.1) is 5.56 Å². The van der Waals surface area contributed by atoms with E-state index < -0.39 is 11.7 Å². The average molecular weight is 401 g/mol. The molecule has 0 N–H and O–H groups in total. The fraction of sp³-hybridized carbons (Fsp3) is 0.286. The summed E-state index contributed by atoms with van der Waals surface area (Å²) in [6.45, 7) is 4.29. The first-order valence-electron chi connectivity index (χ1n) is 9.11. The van der Waals surface area contributed by atoms with E-state index in [1.807, 2.05) is 32.0 Å². The first-order chi connectivity index (χ1) is 13.7. The van der Waals surface area contributed by atoms with Crippen molar-refractivity contribution in [3.8, 4) is 11.5 Å². The van der Waals surface area contributed by atoms with Crippen molar-refractivity contribution in [3.05, 3.63) is 65.0 Å². The molecule has 0 spiro atoms. The molecule has 0 radical (unpaired) electrons. The smallest absolute Gasteiger partial charge is 0.334 e. The molecule has 8 heteroatoms. The van der Waals surface area contributed by atoms with Crippen LogP contribution in [0.2, 0.25) is 0 Å². The highest BCUT2D eigenvalue weighted by molar-refractivity contribution is 5.96. The molecular weight excluding hydrogens is 383 g/mol. The SMILES string of the molecule is Cc1ccc(-c2nc(C3CC(=O)N(c4ccc(C(F)(F)F)cc4)C3)no2)cc1C. The lowest BCUT2D eigenvalue weighted by atomic mass is 10.1. The number of aromatic nitrogens is 2. The second kappa shape index (κ2) is 7.02. The number of benzene rings is 2. The van der Waals surface area contributed by atoms with Crippen LogP contribution in [0.5, 0.6) is 0 Å². The molecule has 4 rings (SSSR count). The second-order valence-electron chi connectivity index (χ2n) is 7.21. The fourth-order valence-corrected chi connectivity index (χ4v) is 3.35. The van der Waals surface area contributed by atoms with Crippen molar-refractivity contribution in [2.75, 3.05) is 11.4 Å². The Morgan fingerprint density at radius 3 is 2.45 bits per heavy atom. The van der Waals surface area contributed by atoms with Crippen LogP contribution >= 0.6 is 0 Å². The summed E-state index contributed by atoms with van der Waals surface area (Å²) in [6, 6.07) is 10.4. The molecule has 0 bridgehead atoms. The van der Waals surface area contributed by atoms with Crippen molar-refractivity contribution in [1.29, 1.82) is 0 Å². The minimum atomic E-state index is -4.41. The van der Waals surface area contributed by atoms with Crippen LogP contribution in [0.25, 0.3) is 11.5 Å². The van der Waals surface area contributed by atoms with E-state index in [-0.39, 0.29) is 24.8 Å². The van der Waals surface area contributed by atoms with Gasteiger partial charge in [0.2, 0.25) is 5.91 Å². The molecule has 2 heterocycles. The fourth-order valence-electron chi connectivity index (χ4n) is 3.35. The molecule has 3 aromatic rings. The molecule has 1 unspecified atom stereocenters. The van der Waals surface area contributed by atoms with Gasteiger partial charge in [-0.1, -0.05) is 11.2 Å². The summed E-state index contributed by atoms with van der Waals surface area (Å²) in [4.78, 5) is 18.3. The standard InChI is InChI=1S/C21H18F3N3O2/c1-12-3-4-14(9-13(12)2)20-25-19(26-29-20)15-10-18(28)27(11-15)17-7-5-16(6-8-17)21(22,23)24/h3-9,15H,10-11H2,1-2H3. The minimum Gasteiger partial charge on any atom is -0.334 e. The Labute approximate surface area is 165 Å². The molecule has 1 aromatic heterocycles. The quantitative estimate of drug-likeness (QED) is 0.627. The van der Waals surface area contributed by atoms with Crippen molar-refractivity contribution in [1.82, 2.24) is 10.1 Å². The second-order valence-corrected chi connectivity index (χ2v) is 7.21.